The highest BCUT2D eigenvalue weighted by Gasteiger charge is 2.00. The standard InChI is InChI=1S/C8H13N3O/c1-7(3-6-12)11-8-9-4-2-5-10-8/h2,4-5,7,12H,3,6H2,1H3,(H,9,10,11)/t7-/m1/s1. The van der Waals surface area contributed by atoms with Crippen LogP contribution in [-0.2, 0) is 0 Å². The quantitative estimate of drug-likeness (QED) is 0.691. The van der Waals surface area contributed by atoms with Crippen molar-refractivity contribution < 1.29 is 5.11 Å². The molecule has 0 radical (unpaired) electrons. The Morgan fingerprint density at radius 2 is 2.17 bits per heavy atom. The first-order valence-electron chi connectivity index (χ1n) is 3.97. The molecule has 0 saturated carbocycles. The minimum atomic E-state index is 0.182. The fourth-order valence-electron chi connectivity index (χ4n) is 0.860. The zero-order chi connectivity index (χ0) is 8.81. The van der Waals surface area contributed by atoms with Gasteiger partial charge >= 0.3 is 0 Å². The van der Waals surface area contributed by atoms with Crippen molar-refractivity contribution in [2.45, 2.75) is 19.4 Å². The average Bonchev–Trinajstić information content (AvgIpc) is 2.06. The molecule has 1 aromatic rings. The Hall–Kier alpha value is -1.16. The van der Waals surface area contributed by atoms with Crippen LogP contribution in [-0.4, -0.2) is 27.7 Å². The predicted octanol–water partition coefficient (Wildman–Crippen LogP) is 0.659. The van der Waals surface area contributed by atoms with E-state index in [0.717, 1.165) is 0 Å². The van der Waals surface area contributed by atoms with Crippen LogP contribution in [0.1, 0.15) is 13.3 Å². The molecule has 0 fully saturated rings. The molecular weight excluding hydrogens is 154 g/mol. The van der Waals surface area contributed by atoms with Crippen LogP contribution >= 0.6 is 0 Å². The van der Waals surface area contributed by atoms with Crippen LogP contribution in [0.2, 0.25) is 0 Å². The Morgan fingerprint density at radius 3 is 2.75 bits per heavy atom. The molecule has 0 spiro atoms. The molecule has 0 unspecified atom stereocenters. The first-order valence-corrected chi connectivity index (χ1v) is 3.97. The van der Waals surface area contributed by atoms with E-state index in [2.05, 4.69) is 15.3 Å². The summed E-state index contributed by atoms with van der Waals surface area (Å²) >= 11 is 0. The van der Waals surface area contributed by atoms with E-state index < -0.39 is 0 Å². The van der Waals surface area contributed by atoms with Crippen molar-refractivity contribution in [2.75, 3.05) is 11.9 Å². The van der Waals surface area contributed by atoms with Crippen molar-refractivity contribution in [3.05, 3.63) is 18.5 Å². The highest BCUT2D eigenvalue weighted by molar-refractivity contribution is 5.23. The van der Waals surface area contributed by atoms with Gasteiger partial charge in [-0.3, -0.25) is 0 Å². The van der Waals surface area contributed by atoms with Gasteiger partial charge < -0.3 is 10.4 Å². The Bertz CT molecular complexity index is 215. The summed E-state index contributed by atoms with van der Waals surface area (Å²) in [4.78, 5) is 7.99. The SMILES string of the molecule is C[C@H](CCO)Nc1ncccn1. The number of anilines is 1. The second-order valence-electron chi connectivity index (χ2n) is 2.63. The normalized spacial score (nSPS) is 12.5. The number of hydrogen-bond acceptors (Lipinski definition) is 4. The molecule has 0 aliphatic rings. The van der Waals surface area contributed by atoms with Gasteiger partial charge in [-0.05, 0) is 19.4 Å². The van der Waals surface area contributed by atoms with Gasteiger partial charge in [0.2, 0.25) is 5.95 Å². The van der Waals surface area contributed by atoms with Crippen LogP contribution in [0, 0.1) is 0 Å². The lowest BCUT2D eigenvalue weighted by Gasteiger charge is -2.10. The molecule has 2 N–H and O–H groups in total. The van der Waals surface area contributed by atoms with E-state index in [1.54, 1.807) is 18.5 Å². The minimum absolute atomic E-state index is 0.182. The molecule has 4 heteroatoms. The Labute approximate surface area is 71.7 Å². The van der Waals surface area contributed by atoms with Crippen molar-refractivity contribution >= 4 is 5.95 Å². The maximum absolute atomic E-state index is 8.63. The van der Waals surface area contributed by atoms with Gasteiger partial charge in [0.05, 0.1) is 0 Å². The van der Waals surface area contributed by atoms with Crippen LogP contribution < -0.4 is 5.32 Å². The van der Waals surface area contributed by atoms with E-state index in [-0.39, 0.29) is 12.6 Å². The van der Waals surface area contributed by atoms with Crippen molar-refractivity contribution in [3.63, 3.8) is 0 Å². The number of nitrogens with one attached hydrogen (secondary N) is 1. The van der Waals surface area contributed by atoms with Crippen LogP contribution in [0.5, 0.6) is 0 Å². The second kappa shape index (κ2) is 4.66. The van der Waals surface area contributed by atoms with Gasteiger partial charge in [-0.25, -0.2) is 9.97 Å². The minimum Gasteiger partial charge on any atom is -0.396 e. The molecule has 0 saturated heterocycles. The predicted molar refractivity (Wildman–Crippen MR) is 46.8 cm³/mol. The molecule has 1 rings (SSSR count). The molecule has 0 bridgehead atoms. The summed E-state index contributed by atoms with van der Waals surface area (Å²) in [5.74, 6) is 0.610. The summed E-state index contributed by atoms with van der Waals surface area (Å²) in [6.45, 7) is 2.16. The number of rotatable bonds is 4. The molecule has 1 aromatic heterocycles. The summed E-state index contributed by atoms with van der Waals surface area (Å²) in [5, 5.41) is 11.7. The zero-order valence-corrected chi connectivity index (χ0v) is 7.07. The Kier molecular flexibility index (Phi) is 3.47. The molecule has 0 amide bonds. The molecular formula is C8H13N3O. The number of nitrogens with zero attached hydrogens (tertiary/aromatic N) is 2. The van der Waals surface area contributed by atoms with Crippen LogP contribution in [0.15, 0.2) is 18.5 Å². The molecule has 1 atom stereocenters. The molecule has 0 aliphatic carbocycles. The van der Waals surface area contributed by atoms with Crippen molar-refractivity contribution in [2.24, 2.45) is 0 Å². The highest BCUT2D eigenvalue weighted by Crippen LogP contribution is 1.99. The maximum Gasteiger partial charge on any atom is 0.222 e. The zero-order valence-electron chi connectivity index (χ0n) is 7.07. The van der Waals surface area contributed by atoms with Gasteiger partial charge in [-0.15, -0.1) is 0 Å². The number of hydrogen-bond donors (Lipinski definition) is 2. The maximum atomic E-state index is 8.63. The molecule has 1 heterocycles. The number of aliphatic hydroxyl groups excluding tert-OH is 1. The van der Waals surface area contributed by atoms with Crippen LogP contribution in [0.3, 0.4) is 0 Å². The summed E-state index contributed by atoms with van der Waals surface area (Å²) < 4.78 is 0. The average molecular weight is 167 g/mol. The van der Waals surface area contributed by atoms with Crippen molar-refractivity contribution in [3.8, 4) is 0 Å². The lowest BCUT2D eigenvalue weighted by molar-refractivity contribution is 0.282. The first-order chi connectivity index (χ1) is 5.83. The topological polar surface area (TPSA) is 58.0 Å². The van der Waals surface area contributed by atoms with E-state index >= 15 is 0 Å². The molecule has 0 aromatic carbocycles. The van der Waals surface area contributed by atoms with E-state index in [1.807, 2.05) is 6.92 Å². The lowest BCUT2D eigenvalue weighted by Crippen LogP contribution is -2.17. The first kappa shape index (κ1) is 8.93. The Morgan fingerprint density at radius 1 is 1.50 bits per heavy atom. The lowest BCUT2D eigenvalue weighted by atomic mass is 10.2. The summed E-state index contributed by atoms with van der Waals surface area (Å²) in [6, 6.07) is 1.97. The monoisotopic (exact) mass is 167 g/mol. The van der Waals surface area contributed by atoms with Gasteiger partial charge in [0.15, 0.2) is 0 Å². The second-order valence-corrected chi connectivity index (χ2v) is 2.63. The van der Waals surface area contributed by atoms with Gasteiger partial charge in [-0.2, -0.15) is 0 Å². The summed E-state index contributed by atoms with van der Waals surface area (Å²) in [5.41, 5.74) is 0. The van der Waals surface area contributed by atoms with Gasteiger partial charge in [0.25, 0.3) is 0 Å². The fourth-order valence-corrected chi connectivity index (χ4v) is 0.860. The molecule has 4 nitrogen and oxygen atoms in total. The molecule has 0 aliphatic heterocycles. The van der Waals surface area contributed by atoms with E-state index in [9.17, 15) is 0 Å². The third-order valence-corrected chi connectivity index (χ3v) is 1.50. The van der Waals surface area contributed by atoms with Gasteiger partial charge in [0.1, 0.15) is 0 Å². The van der Waals surface area contributed by atoms with Crippen molar-refractivity contribution in [1.82, 2.24) is 9.97 Å². The van der Waals surface area contributed by atoms with Crippen LogP contribution in [0.4, 0.5) is 5.95 Å². The summed E-state index contributed by atoms with van der Waals surface area (Å²) in [6.07, 6.45) is 4.07. The van der Waals surface area contributed by atoms with Crippen molar-refractivity contribution in [1.29, 1.82) is 0 Å². The van der Waals surface area contributed by atoms with E-state index in [4.69, 9.17) is 5.11 Å². The summed E-state index contributed by atoms with van der Waals surface area (Å²) in [7, 11) is 0. The van der Waals surface area contributed by atoms with Gasteiger partial charge in [-0.1, -0.05) is 0 Å². The van der Waals surface area contributed by atoms with Gasteiger partial charge in [0, 0.05) is 25.0 Å². The highest BCUT2D eigenvalue weighted by atomic mass is 16.3. The third-order valence-electron chi connectivity index (χ3n) is 1.50. The molecule has 66 valence electrons. The van der Waals surface area contributed by atoms with E-state index in [0.29, 0.717) is 12.4 Å². The number of aliphatic hydroxyl groups is 1. The largest absolute Gasteiger partial charge is 0.396 e. The number of aromatic nitrogens is 2. The fraction of sp³-hybridized carbons (Fsp3) is 0.500. The van der Waals surface area contributed by atoms with E-state index in [1.165, 1.54) is 0 Å². The third kappa shape index (κ3) is 2.84. The molecule has 12 heavy (non-hydrogen) atoms. The van der Waals surface area contributed by atoms with Crippen LogP contribution in [0.25, 0.3) is 0 Å². The smallest absolute Gasteiger partial charge is 0.222 e. The Balaban J connectivity index is 2.41.